The molecule has 172 valence electrons. The van der Waals surface area contributed by atoms with Crippen molar-refractivity contribution in [3.8, 4) is 12.1 Å². The van der Waals surface area contributed by atoms with Crippen molar-refractivity contribution in [2.24, 2.45) is 5.73 Å². The van der Waals surface area contributed by atoms with E-state index in [1.807, 2.05) is 49.2 Å². The van der Waals surface area contributed by atoms with Crippen LogP contribution in [0.2, 0.25) is 0 Å². The Hall–Kier alpha value is -3.07. The lowest BCUT2D eigenvalue weighted by Crippen LogP contribution is -2.35. The fourth-order valence-electron chi connectivity index (χ4n) is 4.28. The molecule has 1 unspecified atom stereocenters. The third kappa shape index (κ3) is 5.47. The van der Waals surface area contributed by atoms with Crippen LogP contribution in [0.1, 0.15) is 54.2 Å². The van der Waals surface area contributed by atoms with Crippen LogP contribution in [0.15, 0.2) is 35.4 Å². The summed E-state index contributed by atoms with van der Waals surface area (Å²) in [7, 11) is 1.92. The number of nitriles is 2. The summed E-state index contributed by atoms with van der Waals surface area (Å²) >= 11 is 1.17. The van der Waals surface area contributed by atoms with E-state index in [4.69, 9.17) is 10.7 Å². The molecular weight excluding hydrogens is 432 g/mol. The van der Waals surface area contributed by atoms with E-state index >= 15 is 0 Å². The van der Waals surface area contributed by atoms with Crippen LogP contribution in [0, 0.1) is 22.7 Å². The van der Waals surface area contributed by atoms with E-state index in [-0.39, 0.29) is 0 Å². The van der Waals surface area contributed by atoms with Crippen molar-refractivity contribution in [3.05, 3.63) is 52.6 Å². The van der Waals surface area contributed by atoms with Gasteiger partial charge in [-0.05, 0) is 43.9 Å². The highest BCUT2D eigenvalue weighted by molar-refractivity contribution is 8.00. The first-order chi connectivity index (χ1) is 15.9. The summed E-state index contributed by atoms with van der Waals surface area (Å²) < 4.78 is 0. The van der Waals surface area contributed by atoms with Gasteiger partial charge in [-0.25, -0.2) is 4.98 Å². The van der Waals surface area contributed by atoms with Gasteiger partial charge in [0.15, 0.2) is 0 Å². The van der Waals surface area contributed by atoms with Gasteiger partial charge in [0, 0.05) is 26.2 Å². The number of nitrogens with two attached hydrogens (primary N) is 1. The predicted octanol–water partition coefficient (Wildman–Crippen LogP) is 3.63. The fraction of sp³-hybridized carbons (Fsp3) is 0.440. The van der Waals surface area contributed by atoms with Crippen LogP contribution in [0.5, 0.6) is 0 Å². The van der Waals surface area contributed by atoms with Crippen molar-refractivity contribution < 1.29 is 4.79 Å². The molecule has 2 N–H and O–H groups in total. The molecule has 2 aromatic rings. The number of carbonyl (C=O) groups excluding carboxylic acids is 1. The van der Waals surface area contributed by atoms with E-state index in [0.29, 0.717) is 46.5 Å². The van der Waals surface area contributed by atoms with Crippen LogP contribution >= 0.6 is 11.8 Å². The van der Waals surface area contributed by atoms with Crippen molar-refractivity contribution >= 4 is 23.5 Å². The molecular formula is C25H30N6OS. The number of primary amides is 1. The van der Waals surface area contributed by atoms with Crippen LogP contribution in [-0.2, 0) is 11.2 Å². The highest BCUT2D eigenvalue weighted by Gasteiger charge is 2.27. The molecule has 33 heavy (non-hydrogen) atoms. The van der Waals surface area contributed by atoms with E-state index in [1.54, 1.807) is 0 Å². The number of likely N-dealkylation sites (N-methyl/N-ethyl adjacent to an activating group) is 1. The lowest BCUT2D eigenvalue weighted by molar-refractivity contribution is -0.117. The Labute approximate surface area is 200 Å². The highest BCUT2D eigenvalue weighted by atomic mass is 32.2. The van der Waals surface area contributed by atoms with Gasteiger partial charge in [0.25, 0.3) is 0 Å². The summed E-state index contributed by atoms with van der Waals surface area (Å²) in [6.07, 6.45) is 2.92. The largest absolute Gasteiger partial charge is 0.368 e. The van der Waals surface area contributed by atoms with Gasteiger partial charge < -0.3 is 10.6 Å². The number of nitrogens with zero attached hydrogens (tertiary/aromatic N) is 5. The molecule has 0 bridgehead atoms. The van der Waals surface area contributed by atoms with Gasteiger partial charge in [-0.15, -0.1) is 0 Å². The Morgan fingerprint density at radius 3 is 2.55 bits per heavy atom. The molecule has 0 aliphatic carbocycles. The zero-order valence-corrected chi connectivity index (χ0v) is 20.2. The van der Waals surface area contributed by atoms with Crippen LogP contribution in [0.4, 0.5) is 5.82 Å². The average molecular weight is 463 g/mol. The number of carbonyl (C=O) groups is 1. The molecule has 1 saturated heterocycles. The molecule has 2 atom stereocenters. The standard InChI is InChI=1S/C25H30N6OS/c1-4-19-20(15-26)24(30(3)13-14-31-12-8-9-17(31)2)29-25(21(19)16-27)33-22(23(28)32)18-10-6-5-7-11-18/h5-7,10-11,17,22H,4,8-9,12-14H2,1-3H3,(H2,28,32)/t17-,22?/m1/s1. The molecule has 1 aromatic carbocycles. The number of likely N-dealkylation sites (tertiary alicyclic amines) is 1. The number of thioether (sulfide) groups is 1. The van der Waals surface area contributed by atoms with Gasteiger partial charge in [0.2, 0.25) is 5.91 Å². The molecule has 1 aromatic heterocycles. The second-order valence-corrected chi connectivity index (χ2v) is 9.40. The number of anilines is 1. The van der Waals surface area contributed by atoms with E-state index in [2.05, 4.69) is 24.0 Å². The van der Waals surface area contributed by atoms with Crippen LogP contribution in [-0.4, -0.2) is 48.5 Å². The molecule has 1 aliphatic heterocycles. The first-order valence-corrected chi connectivity index (χ1v) is 12.1. The van der Waals surface area contributed by atoms with Crippen molar-refractivity contribution in [1.82, 2.24) is 9.88 Å². The van der Waals surface area contributed by atoms with Gasteiger partial charge in [-0.2, -0.15) is 10.5 Å². The fourth-order valence-corrected chi connectivity index (χ4v) is 5.34. The smallest absolute Gasteiger partial charge is 0.235 e. The first-order valence-electron chi connectivity index (χ1n) is 11.2. The maximum atomic E-state index is 12.3. The lowest BCUT2D eigenvalue weighted by atomic mass is 10.0. The van der Waals surface area contributed by atoms with Crippen molar-refractivity contribution in [1.29, 1.82) is 10.5 Å². The quantitative estimate of drug-likeness (QED) is 0.567. The summed E-state index contributed by atoms with van der Waals surface area (Å²) in [6.45, 7) is 6.83. The number of hydrogen-bond acceptors (Lipinski definition) is 7. The van der Waals surface area contributed by atoms with Crippen LogP contribution in [0.3, 0.4) is 0 Å². The molecule has 0 saturated carbocycles. The molecule has 1 amide bonds. The zero-order chi connectivity index (χ0) is 24.0. The molecule has 0 radical (unpaired) electrons. The summed E-state index contributed by atoms with van der Waals surface area (Å²) in [4.78, 5) is 21.5. The summed E-state index contributed by atoms with van der Waals surface area (Å²) in [6, 6.07) is 14.3. The molecule has 3 rings (SSSR count). The van der Waals surface area contributed by atoms with Gasteiger partial charge in [0.05, 0.1) is 11.1 Å². The third-order valence-corrected chi connectivity index (χ3v) is 7.45. The first kappa shape index (κ1) is 24.6. The molecule has 0 spiro atoms. The maximum absolute atomic E-state index is 12.3. The molecule has 7 nitrogen and oxygen atoms in total. The number of rotatable bonds is 9. The van der Waals surface area contributed by atoms with Gasteiger partial charge in [-0.3, -0.25) is 9.69 Å². The predicted molar refractivity (Wildman–Crippen MR) is 131 cm³/mol. The van der Waals surface area contributed by atoms with Crippen LogP contribution in [0.25, 0.3) is 0 Å². The minimum atomic E-state index is -0.688. The molecule has 2 heterocycles. The number of pyridine rings is 1. The Bertz CT molecular complexity index is 1080. The molecule has 8 heteroatoms. The topological polar surface area (TPSA) is 110 Å². The number of hydrogen-bond donors (Lipinski definition) is 1. The van der Waals surface area contributed by atoms with Crippen molar-refractivity contribution in [2.45, 2.75) is 49.4 Å². The molecule has 1 aliphatic rings. The number of benzene rings is 1. The van der Waals surface area contributed by atoms with E-state index in [9.17, 15) is 15.3 Å². The summed E-state index contributed by atoms with van der Waals surface area (Å²) in [5.74, 6) is 0.0382. The Morgan fingerprint density at radius 2 is 2.00 bits per heavy atom. The van der Waals surface area contributed by atoms with E-state index in [1.165, 1.54) is 24.6 Å². The third-order valence-electron chi connectivity index (χ3n) is 6.19. The van der Waals surface area contributed by atoms with Crippen LogP contribution < -0.4 is 10.6 Å². The zero-order valence-electron chi connectivity index (χ0n) is 19.4. The minimum Gasteiger partial charge on any atom is -0.368 e. The normalized spacial score (nSPS) is 16.7. The van der Waals surface area contributed by atoms with Gasteiger partial charge in [-0.1, -0.05) is 49.0 Å². The minimum absolute atomic E-state index is 0.339. The van der Waals surface area contributed by atoms with E-state index in [0.717, 1.165) is 18.7 Å². The Morgan fingerprint density at radius 1 is 1.30 bits per heavy atom. The Kier molecular flexibility index (Phi) is 8.32. The van der Waals surface area contributed by atoms with Crippen molar-refractivity contribution in [3.63, 3.8) is 0 Å². The highest BCUT2D eigenvalue weighted by Crippen LogP contribution is 2.39. The van der Waals surface area contributed by atoms with Gasteiger partial charge in [0.1, 0.15) is 28.2 Å². The summed E-state index contributed by atoms with van der Waals surface area (Å²) in [5.41, 5.74) is 7.89. The van der Waals surface area contributed by atoms with Crippen molar-refractivity contribution in [2.75, 3.05) is 31.6 Å². The van der Waals surface area contributed by atoms with E-state index < -0.39 is 11.2 Å². The monoisotopic (exact) mass is 462 g/mol. The Balaban J connectivity index is 2.00. The SMILES string of the molecule is CCc1c(C#N)c(SC(C(N)=O)c2ccccc2)nc(N(C)CCN2CCC[C@H]2C)c1C#N. The lowest BCUT2D eigenvalue weighted by Gasteiger charge is -2.27. The molecule has 1 fully saturated rings. The second-order valence-electron chi connectivity index (χ2n) is 8.31. The van der Waals surface area contributed by atoms with Gasteiger partial charge >= 0.3 is 0 Å². The number of aromatic nitrogens is 1. The number of amides is 1. The second kappa shape index (κ2) is 11.2. The maximum Gasteiger partial charge on any atom is 0.235 e. The summed E-state index contributed by atoms with van der Waals surface area (Å²) in [5, 5.41) is 19.6. The average Bonchev–Trinajstić information content (AvgIpc) is 3.24.